The molecule has 3 rings (SSSR count). The fraction of sp³-hybridized carbons (Fsp3) is 0.333. The van der Waals surface area contributed by atoms with E-state index in [-0.39, 0.29) is 11.3 Å². The van der Waals surface area contributed by atoms with Gasteiger partial charge in [0.1, 0.15) is 5.82 Å². The van der Waals surface area contributed by atoms with E-state index >= 15 is 0 Å². The van der Waals surface area contributed by atoms with Crippen LogP contribution in [0.4, 0.5) is 0 Å². The standard InChI is InChI=1S/C27H34N4O/c1-18-8-10-19(2)25(15-9-18)28-17-24-16-26(32)31(21(4)29-24)30-20(3)22-11-13-23(14-12-22)27(5,6)7/h9-16,28-29H,4,8,17H2,1-3,5-7H3/b30-20+. The highest BCUT2D eigenvalue weighted by molar-refractivity contribution is 6.00. The SMILES string of the molecule is C=C1NC(CNC2=CC=C(C)CC=C2C)=CC(=O)N1/N=C(\C)c1ccc(C(C)(C)C)cc1. The minimum Gasteiger partial charge on any atom is -0.379 e. The van der Waals surface area contributed by atoms with Crippen LogP contribution in [0.3, 0.4) is 0 Å². The van der Waals surface area contributed by atoms with Crippen LogP contribution in [0.1, 0.15) is 59.1 Å². The third-order valence-electron chi connectivity index (χ3n) is 5.64. The molecule has 0 saturated carbocycles. The summed E-state index contributed by atoms with van der Waals surface area (Å²) in [6.45, 7) is 17.2. The third-order valence-corrected chi connectivity index (χ3v) is 5.64. The van der Waals surface area contributed by atoms with E-state index in [0.29, 0.717) is 12.4 Å². The summed E-state index contributed by atoms with van der Waals surface area (Å²) in [5.41, 5.74) is 7.40. The second-order valence-corrected chi connectivity index (χ2v) is 9.44. The van der Waals surface area contributed by atoms with Gasteiger partial charge in [-0.25, -0.2) is 0 Å². The minimum atomic E-state index is -0.214. The first-order chi connectivity index (χ1) is 15.0. The molecule has 0 atom stereocenters. The molecular weight excluding hydrogens is 396 g/mol. The molecule has 1 heterocycles. The fourth-order valence-corrected chi connectivity index (χ4v) is 3.48. The highest BCUT2D eigenvalue weighted by atomic mass is 16.2. The van der Waals surface area contributed by atoms with Crippen LogP contribution < -0.4 is 10.6 Å². The number of benzene rings is 1. The molecule has 168 valence electrons. The van der Waals surface area contributed by atoms with Gasteiger partial charge in [0.15, 0.2) is 0 Å². The zero-order chi connectivity index (χ0) is 23.5. The number of amides is 1. The Morgan fingerprint density at radius 1 is 1.19 bits per heavy atom. The topological polar surface area (TPSA) is 56.7 Å². The van der Waals surface area contributed by atoms with Crippen LogP contribution in [0.15, 0.2) is 88.6 Å². The van der Waals surface area contributed by atoms with Crippen molar-refractivity contribution in [2.45, 2.75) is 53.4 Å². The predicted octanol–water partition coefficient (Wildman–Crippen LogP) is 5.26. The summed E-state index contributed by atoms with van der Waals surface area (Å²) in [7, 11) is 0. The molecule has 2 aliphatic rings. The Hall–Kier alpha value is -3.34. The smallest absolute Gasteiger partial charge is 0.274 e. The van der Waals surface area contributed by atoms with E-state index in [1.807, 2.05) is 19.1 Å². The molecule has 1 aromatic rings. The van der Waals surface area contributed by atoms with Gasteiger partial charge in [0, 0.05) is 17.5 Å². The molecule has 2 N–H and O–H groups in total. The average molecular weight is 431 g/mol. The number of hydrazone groups is 1. The van der Waals surface area contributed by atoms with Gasteiger partial charge >= 0.3 is 0 Å². The van der Waals surface area contributed by atoms with Crippen molar-refractivity contribution in [3.8, 4) is 0 Å². The molecule has 0 fully saturated rings. The molecule has 32 heavy (non-hydrogen) atoms. The number of hydrogen-bond donors (Lipinski definition) is 2. The molecule has 0 unspecified atom stereocenters. The molecule has 0 radical (unpaired) electrons. The van der Waals surface area contributed by atoms with Crippen LogP contribution in [-0.2, 0) is 10.2 Å². The Morgan fingerprint density at radius 3 is 2.50 bits per heavy atom. The second kappa shape index (κ2) is 9.43. The molecule has 1 aromatic carbocycles. The van der Waals surface area contributed by atoms with E-state index < -0.39 is 0 Å². The number of nitrogens with zero attached hydrogens (tertiary/aromatic N) is 2. The Labute approximate surface area is 192 Å². The van der Waals surface area contributed by atoms with E-state index in [1.54, 1.807) is 6.08 Å². The van der Waals surface area contributed by atoms with Crippen LogP contribution >= 0.6 is 0 Å². The van der Waals surface area contributed by atoms with Gasteiger partial charge in [0.25, 0.3) is 5.91 Å². The monoisotopic (exact) mass is 430 g/mol. The van der Waals surface area contributed by atoms with Gasteiger partial charge < -0.3 is 10.6 Å². The van der Waals surface area contributed by atoms with Crippen LogP contribution in [0.25, 0.3) is 0 Å². The van der Waals surface area contributed by atoms with Crippen LogP contribution in [0.2, 0.25) is 0 Å². The number of carbonyl (C=O) groups excluding carboxylic acids is 1. The summed E-state index contributed by atoms with van der Waals surface area (Å²) in [4.78, 5) is 12.8. The van der Waals surface area contributed by atoms with Gasteiger partial charge in [-0.2, -0.15) is 10.1 Å². The summed E-state index contributed by atoms with van der Waals surface area (Å²) >= 11 is 0. The maximum atomic E-state index is 12.8. The first kappa shape index (κ1) is 23.3. The Bertz CT molecular complexity index is 1060. The maximum Gasteiger partial charge on any atom is 0.274 e. The summed E-state index contributed by atoms with van der Waals surface area (Å²) < 4.78 is 0. The molecular formula is C27H34N4O. The molecule has 1 amide bonds. The molecule has 0 saturated heterocycles. The molecule has 1 aliphatic carbocycles. The van der Waals surface area contributed by atoms with Crippen molar-refractivity contribution in [1.29, 1.82) is 0 Å². The van der Waals surface area contributed by atoms with E-state index in [0.717, 1.165) is 29.1 Å². The largest absolute Gasteiger partial charge is 0.379 e. The lowest BCUT2D eigenvalue weighted by atomic mass is 9.86. The first-order valence-electron chi connectivity index (χ1n) is 11.0. The second-order valence-electron chi connectivity index (χ2n) is 9.44. The van der Waals surface area contributed by atoms with Crippen LogP contribution in [0.5, 0.6) is 0 Å². The van der Waals surface area contributed by atoms with E-state index in [9.17, 15) is 4.79 Å². The van der Waals surface area contributed by atoms with E-state index in [2.05, 4.69) is 87.3 Å². The van der Waals surface area contributed by atoms with Crippen LogP contribution in [0, 0.1) is 0 Å². The molecule has 1 aliphatic heterocycles. The van der Waals surface area contributed by atoms with Gasteiger partial charge in [-0.05, 0) is 55.4 Å². The number of nitrogens with one attached hydrogen (secondary N) is 2. The Balaban J connectivity index is 1.69. The summed E-state index contributed by atoms with van der Waals surface area (Å²) in [5, 5.41) is 12.5. The van der Waals surface area contributed by atoms with Crippen molar-refractivity contribution < 1.29 is 4.79 Å². The lowest BCUT2D eigenvalue weighted by Gasteiger charge is -2.27. The van der Waals surface area contributed by atoms with Crippen molar-refractivity contribution in [2.75, 3.05) is 6.54 Å². The minimum absolute atomic E-state index is 0.0934. The number of carbonyl (C=O) groups is 1. The molecule has 5 nitrogen and oxygen atoms in total. The average Bonchev–Trinajstić information content (AvgIpc) is 2.89. The number of rotatable bonds is 5. The quantitative estimate of drug-likeness (QED) is 0.626. The number of allylic oxidation sites excluding steroid dienone is 5. The van der Waals surface area contributed by atoms with Gasteiger partial charge in [-0.15, -0.1) is 0 Å². The van der Waals surface area contributed by atoms with Crippen LogP contribution in [-0.4, -0.2) is 23.2 Å². The van der Waals surface area contributed by atoms with E-state index in [4.69, 9.17) is 0 Å². The first-order valence-corrected chi connectivity index (χ1v) is 11.0. The lowest BCUT2D eigenvalue weighted by Crippen LogP contribution is -2.39. The predicted molar refractivity (Wildman–Crippen MR) is 133 cm³/mol. The van der Waals surface area contributed by atoms with Gasteiger partial charge in [-0.3, -0.25) is 4.79 Å². The van der Waals surface area contributed by atoms with Gasteiger partial charge in [0.05, 0.1) is 12.3 Å². The third kappa shape index (κ3) is 5.67. The van der Waals surface area contributed by atoms with Crippen molar-refractivity contribution in [3.63, 3.8) is 0 Å². The molecule has 0 spiro atoms. The van der Waals surface area contributed by atoms with Crippen molar-refractivity contribution in [1.82, 2.24) is 15.6 Å². The summed E-state index contributed by atoms with van der Waals surface area (Å²) in [6, 6.07) is 8.31. The highest BCUT2D eigenvalue weighted by Gasteiger charge is 2.22. The van der Waals surface area contributed by atoms with Gasteiger partial charge in [0.2, 0.25) is 0 Å². The highest BCUT2D eigenvalue weighted by Crippen LogP contribution is 2.23. The summed E-state index contributed by atoms with van der Waals surface area (Å²) in [5.74, 6) is 0.229. The van der Waals surface area contributed by atoms with E-state index in [1.165, 1.54) is 21.7 Å². The zero-order valence-corrected chi connectivity index (χ0v) is 20.0. The Morgan fingerprint density at radius 2 is 1.88 bits per heavy atom. The normalized spacial score (nSPS) is 17.7. The summed E-state index contributed by atoms with van der Waals surface area (Å²) in [6.07, 6.45) is 8.93. The lowest BCUT2D eigenvalue weighted by molar-refractivity contribution is -0.125. The zero-order valence-electron chi connectivity index (χ0n) is 20.0. The van der Waals surface area contributed by atoms with Crippen molar-refractivity contribution in [3.05, 3.63) is 94.6 Å². The van der Waals surface area contributed by atoms with Gasteiger partial charge in [-0.1, -0.05) is 69.3 Å². The molecule has 0 aromatic heterocycles. The molecule has 0 bridgehead atoms. The van der Waals surface area contributed by atoms with Crippen molar-refractivity contribution >= 4 is 11.6 Å². The maximum absolute atomic E-state index is 12.8. The number of hydrogen-bond acceptors (Lipinski definition) is 4. The van der Waals surface area contributed by atoms with Crippen molar-refractivity contribution in [2.24, 2.45) is 5.10 Å². The Kier molecular flexibility index (Phi) is 6.87. The molecule has 5 heteroatoms. The fourth-order valence-electron chi connectivity index (χ4n) is 3.48.